The Bertz CT molecular complexity index is 379. The van der Waals surface area contributed by atoms with E-state index in [0.29, 0.717) is 0 Å². The van der Waals surface area contributed by atoms with Crippen LogP contribution >= 0.6 is 15.9 Å². The molecule has 0 aliphatic carbocycles. The Morgan fingerprint density at radius 1 is 1.33 bits per heavy atom. The van der Waals surface area contributed by atoms with Gasteiger partial charge in [-0.05, 0) is 28.8 Å². The van der Waals surface area contributed by atoms with Gasteiger partial charge in [0.2, 0.25) is 0 Å². The van der Waals surface area contributed by atoms with E-state index >= 15 is 0 Å². The molecule has 0 aromatic heterocycles. The molecule has 1 heterocycles. The summed E-state index contributed by atoms with van der Waals surface area (Å²) in [6.07, 6.45) is 2.16. The molecule has 0 atom stereocenters. The smallest absolute Gasteiger partial charge is 0.143 e. The van der Waals surface area contributed by atoms with E-state index in [1.165, 1.54) is 5.56 Å². The number of ether oxygens (including phenoxy) is 2. The van der Waals surface area contributed by atoms with Gasteiger partial charge in [-0.25, -0.2) is 0 Å². The zero-order valence-corrected chi connectivity index (χ0v) is 10.5. The molecule has 0 bridgehead atoms. The molecule has 0 saturated carbocycles. The molecule has 0 fully saturated rings. The lowest BCUT2D eigenvalue weighted by Gasteiger charge is -2.23. The number of halogens is 1. The van der Waals surface area contributed by atoms with Gasteiger partial charge in [0.05, 0.1) is 24.4 Å². The van der Waals surface area contributed by atoms with Crippen LogP contribution in [0.15, 0.2) is 10.5 Å². The summed E-state index contributed by atoms with van der Waals surface area (Å²) >= 11 is 3.49. The molecule has 2 rings (SSSR count). The minimum atomic E-state index is 0.873. The highest BCUT2D eigenvalue weighted by molar-refractivity contribution is 9.10. The molecule has 1 aliphatic heterocycles. The predicted octanol–water partition coefficient (Wildman–Crippen LogP) is 2.82. The summed E-state index contributed by atoms with van der Waals surface area (Å²) in [7, 11) is 3.38. The number of anilines is 1. The average molecular weight is 272 g/mol. The summed E-state index contributed by atoms with van der Waals surface area (Å²) in [5.41, 5.74) is 2.28. The monoisotopic (exact) mass is 271 g/mol. The number of rotatable bonds is 2. The Morgan fingerprint density at radius 3 is 2.80 bits per heavy atom. The fraction of sp³-hybridized carbons (Fsp3) is 0.455. The zero-order chi connectivity index (χ0) is 10.8. The quantitative estimate of drug-likeness (QED) is 0.898. The second kappa shape index (κ2) is 4.31. The number of nitrogens with one attached hydrogen (secondary N) is 1. The van der Waals surface area contributed by atoms with Crippen molar-refractivity contribution < 1.29 is 9.47 Å². The van der Waals surface area contributed by atoms with E-state index in [1.807, 2.05) is 6.07 Å². The summed E-state index contributed by atoms with van der Waals surface area (Å²) in [6, 6.07) is 1.94. The Balaban J connectivity index is 2.60. The average Bonchev–Trinajstić information content (AvgIpc) is 2.28. The third kappa shape index (κ3) is 1.78. The summed E-state index contributed by atoms with van der Waals surface area (Å²) in [5.74, 6) is 1.79. The Hall–Kier alpha value is -0.900. The van der Waals surface area contributed by atoms with E-state index in [2.05, 4.69) is 21.2 Å². The maximum atomic E-state index is 5.40. The fourth-order valence-electron chi connectivity index (χ4n) is 1.95. The first-order chi connectivity index (χ1) is 7.27. The van der Waals surface area contributed by atoms with Crippen LogP contribution in [0.1, 0.15) is 12.0 Å². The molecule has 0 spiro atoms. The van der Waals surface area contributed by atoms with Gasteiger partial charge < -0.3 is 14.8 Å². The lowest BCUT2D eigenvalue weighted by molar-refractivity contribution is 0.396. The first kappa shape index (κ1) is 10.6. The van der Waals surface area contributed by atoms with Crippen molar-refractivity contribution in [2.75, 3.05) is 26.1 Å². The Morgan fingerprint density at radius 2 is 2.13 bits per heavy atom. The second-order valence-corrected chi connectivity index (χ2v) is 4.33. The van der Waals surface area contributed by atoms with Crippen LogP contribution in [0.25, 0.3) is 0 Å². The van der Waals surface area contributed by atoms with Gasteiger partial charge in [-0.2, -0.15) is 0 Å². The lowest BCUT2D eigenvalue weighted by Crippen LogP contribution is -2.14. The molecule has 1 N–H and O–H groups in total. The molecule has 0 unspecified atom stereocenters. The molecule has 1 aromatic carbocycles. The van der Waals surface area contributed by atoms with Crippen LogP contribution in [0.3, 0.4) is 0 Å². The maximum Gasteiger partial charge on any atom is 0.143 e. The Kier molecular flexibility index (Phi) is 3.05. The third-order valence-electron chi connectivity index (χ3n) is 2.63. The van der Waals surface area contributed by atoms with Crippen molar-refractivity contribution in [2.24, 2.45) is 0 Å². The van der Waals surface area contributed by atoms with E-state index in [9.17, 15) is 0 Å². The molecule has 4 heteroatoms. The van der Waals surface area contributed by atoms with E-state index in [-0.39, 0.29) is 0 Å². The van der Waals surface area contributed by atoms with Gasteiger partial charge in [-0.1, -0.05) is 0 Å². The molecule has 1 aliphatic rings. The topological polar surface area (TPSA) is 30.5 Å². The normalized spacial score (nSPS) is 14.1. The largest absolute Gasteiger partial charge is 0.495 e. The van der Waals surface area contributed by atoms with Crippen molar-refractivity contribution in [3.8, 4) is 11.5 Å². The maximum absolute atomic E-state index is 5.40. The molecule has 1 aromatic rings. The number of fused-ring (bicyclic) bond motifs is 1. The first-order valence-electron chi connectivity index (χ1n) is 4.95. The van der Waals surface area contributed by atoms with Crippen LogP contribution in [-0.4, -0.2) is 20.8 Å². The summed E-state index contributed by atoms with van der Waals surface area (Å²) in [5, 5.41) is 3.36. The molecular formula is C11H14BrNO2. The first-order valence-corrected chi connectivity index (χ1v) is 5.74. The standard InChI is InChI=1S/C11H14BrNO2/c1-14-9-6-8(12)11(15-2)7-4-3-5-13-10(7)9/h6,13H,3-5H2,1-2H3. The van der Waals surface area contributed by atoms with Crippen LogP contribution in [-0.2, 0) is 6.42 Å². The van der Waals surface area contributed by atoms with Gasteiger partial charge in [0.1, 0.15) is 11.5 Å². The fourth-order valence-corrected chi connectivity index (χ4v) is 2.56. The van der Waals surface area contributed by atoms with E-state index in [4.69, 9.17) is 9.47 Å². The molecular weight excluding hydrogens is 258 g/mol. The minimum absolute atomic E-state index is 0.873. The van der Waals surface area contributed by atoms with Crippen LogP contribution in [0.5, 0.6) is 11.5 Å². The third-order valence-corrected chi connectivity index (χ3v) is 3.22. The summed E-state index contributed by atoms with van der Waals surface area (Å²) in [4.78, 5) is 0. The minimum Gasteiger partial charge on any atom is -0.495 e. The molecule has 15 heavy (non-hydrogen) atoms. The van der Waals surface area contributed by atoms with Crippen LogP contribution in [0.2, 0.25) is 0 Å². The van der Waals surface area contributed by atoms with Crippen molar-refractivity contribution in [3.05, 3.63) is 16.1 Å². The zero-order valence-electron chi connectivity index (χ0n) is 8.89. The van der Waals surface area contributed by atoms with Gasteiger partial charge in [0, 0.05) is 18.2 Å². The molecule has 0 saturated heterocycles. The van der Waals surface area contributed by atoms with Gasteiger partial charge >= 0.3 is 0 Å². The van der Waals surface area contributed by atoms with Crippen molar-refractivity contribution in [1.82, 2.24) is 0 Å². The second-order valence-electron chi connectivity index (χ2n) is 3.48. The number of methoxy groups -OCH3 is 2. The van der Waals surface area contributed by atoms with Crippen molar-refractivity contribution in [3.63, 3.8) is 0 Å². The van der Waals surface area contributed by atoms with E-state index in [0.717, 1.165) is 41.0 Å². The van der Waals surface area contributed by atoms with E-state index < -0.39 is 0 Å². The summed E-state index contributed by atoms with van der Waals surface area (Å²) < 4.78 is 11.7. The lowest BCUT2D eigenvalue weighted by atomic mass is 10.0. The van der Waals surface area contributed by atoms with Gasteiger partial charge in [0.25, 0.3) is 0 Å². The SMILES string of the molecule is COc1cc(Br)c(OC)c2c1NCCC2. The number of benzene rings is 1. The Labute approximate surface area is 97.9 Å². The van der Waals surface area contributed by atoms with Gasteiger partial charge in [-0.15, -0.1) is 0 Å². The van der Waals surface area contributed by atoms with E-state index in [1.54, 1.807) is 14.2 Å². The van der Waals surface area contributed by atoms with Crippen LogP contribution in [0.4, 0.5) is 5.69 Å². The van der Waals surface area contributed by atoms with Crippen molar-refractivity contribution >= 4 is 21.6 Å². The molecule has 0 radical (unpaired) electrons. The highest BCUT2D eigenvalue weighted by Crippen LogP contribution is 2.43. The number of hydrogen-bond donors (Lipinski definition) is 1. The highest BCUT2D eigenvalue weighted by atomic mass is 79.9. The van der Waals surface area contributed by atoms with Crippen molar-refractivity contribution in [2.45, 2.75) is 12.8 Å². The van der Waals surface area contributed by atoms with Gasteiger partial charge in [-0.3, -0.25) is 0 Å². The van der Waals surface area contributed by atoms with Crippen molar-refractivity contribution in [1.29, 1.82) is 0 Å². The summed E-state index contributed by atoms with van der Waals surface area (Å²) in [6.45, 7) is 0.994. The molecule has 3 nitrogen and oxygen atoms in total. The highest BCUT2D eigenvalue weighted by Gasteiger charge is 2.20. The number of hydrogen-bond acceptors (Lipinski definition) is 3. The van der Waals surface area contributed by atoms with Crippen LogP contribution < -0.4 is 14.8 Å². The van der Waals surface area contributed by atoms with Gasteiger partial charge in [0.15, 0.2) is 0 Å². The van der Waals surface area contributed by atoms with Crippen LogP contribution in [0, 0.1) is 0 Å². The molecule has 82 valence electrons. The molecule has 0 amide bonds. The predicted molar refractivity (Wildman–Crippen MR) is 64.1 cm³/mol.